The second-order valence-corrected chi connectivity index (χ2v) is 4.71. The molecule has 1 aromatic carbocycles. The number of hydrogen-bond acceptors (Lipinski definition) is 2. The van der Waals surface area contributed by atoms with Gasteiger partial charge in [0.15, 0.2) is 5.76 Å². The Labute approximate surface area is 101 Å². The Morgan fingerprint density at radius 3 is 2.82 bits per heavy atom. The van der Waals surface area contributed by atoms with Gasteiger partial charge in [-0.15, -0.1) is 0 Å². The molecular weight excluding hydrogens is 214 g/mol. The number of nitrogens with one attached hydrogen (secondary N) is 1. The van der Waals surface area contributed by atoms with Crippen LogP contribution in [0.1, 0.15) is 30.0 Å². The van der Waals surface area contributed by atoms with Crippen LogP contribution in [0.2, 0.25) is 0 Å². The number of para-hydroxylation sites is 1. The molecule has 2 aromatic rings. The van der Waals surface area contributed by atoms with Gasteiger partial charge >= 0.3 is 0 Å². The van der Waals surface area contributed by atoms with E-state index in [2.05, 4.69) is 19.2 Å². The highest BCUT2D eigenvalue weighted by atomic mass is 16.3. The van der Waals surface area contributed by atoms with Crippen molar-refractivity contribution >= 4 is 16.9 Å². The van der Waals surface area contributed by atoms with Crippen molar-refractivity contribution in [2.45, 2.75) is 20.8 Å². The quantitative estimate of drug-likeness (QED) is 0.881. The Hall–Kier alpha value is -1.77. The van der Waals surface area contributed by atoms with Crippen LogP contribution in [0.15, 0.2) is 28.7 Å². The Balaban J connectivity index is 2.24. The summed E-state index contributed by atoms with van der Waals surface area (Å²) >= 11 is 0. The molecule has 2 rings (SSSR count). The van der Waals surface area contributed by atoms with Gasteiger partial charge in [0.05, 0.1) is 0 Å². The maximum absolute atomic E-state index is 11.8. The summed E-state index contributed by atoms with van der Waals surface area (Å²) in [5.74, 6) is 0.675. The van der Waals surface area contributed by atoms with E-state index in [-0.39, 0.29) is 5.91 Å². The van der Waals surface area contributed by atoms with Crippen LogP contribution in [-0.4, -0.2) is 12.5 Å². The number of furan rings is 1. The van der Waals surface area contributed by atoms with E-state index in [1.54, 1.807) is 6.07 Å². The minimum atomic E-state index is -0.144. The first-order valence-corrected chi connectivity index (χ1v) is 5.85. The lowest BCUT2D eigenvalue weighted by Crippen LogP contribution is -2.26. The van der Waals surface area contributed by atoms with Crippen LogP contribution in [-0.2, 0) is 0 Å². The van der Waals surface area contributed by atoms with Crippen molar-refractivity contribution in [2.75, 3.05) is 6.54 Å². The summed E-state index contributed by atoms with van der Waals surface area (Å²) in [6.07, 6.45) is 0. The third kappa shape index (κ3) is 2.49. The van der Waals surface area contributed by atoms with Crippen molar-refractivity contribution in [1.29, 1.82) is 0 Å². The maximum atomic E-state index is 11.8. The number of hydrogen-bond donors (Lipinski definition) is 1. The summed E-state index contributed by atoms with van der Waals surface area (Å²) in [7, 11) is 0. The third-order valence-electron chi connectivity index (χ3n) is 2.64. The molecular formula is C14H17NO2. The third-order valence-corrected chi connectivity index (χ3v) is 2.64. The minimum absolute atomic E-state index is 0.144. The molecule has 0 aliphatic heterocycles. The standard InChI is InChI=1S/C14H17NO2/c1-9(2)8-15-14(16)12-7-11-6-4-5-10(3)13(11)17-12/h4-7,9H,8H2,1-3H3,(H,15,16). The molecule has 0 unspecified atom stereocenters. The Morgan fingerprint density at radius 1 is 1.41 bits per heavy atom. The van der Waals surface area contributed by atoms with Gasteiger partial charge in [-0.05, 0) is 24.5 Å². The number of fused-ring (bicyclic) bond motifs is 1. The second-order valence-electron chi connectivity index (χ2n) is 4.71. The zero-order chi connectivity index (χ0) is 12.4. The van der Waals surface area contributed by atoms with Crippen molar-refractivity contribution in [1.82, 2.24) is 5.32 Å². The molecule has 90 valence electrons. The second kappa shape index (κ2) is 4.62. The molecule has 0 saturated heterocycles. The van der Waals surface area contributed by atoms with E-state index in [9.17, 15) is 4.79 Å². The molecule has 0 aliphatic rings. The van der Waals surface area contributed by atoms with Crippen molar-refractivity contribution in [3.8, 4) is 0 Å². The Kier molecular flexibility index (Phi) is 3.18. The van der Waals surface area contributed by atoms with Gasteiger partial charge < -0.3 is 9.73 Å². The molecule has 3 nitrogen and oxygen atoms in total. The molecule has 0 bridgehead atoms. The van der Waals surface area contributed by atoms with Crippen LogP contribution in [0.4, 0.5) is 0 Å². The zero-order valence-electron chi connectivity index (χ0n) is 10.4. The highest BCUT2D eigenvalue weighted by molar-refractivity contribution is 5.96. The Morgan fingerprint density at radius 2 is 2.18 bits per heavy atom. The predicted octanol–water partition coefficient (Wildman–Crippen LogP) is 3.13. The van der Waals surface area contributed by atoms with Crippen molar-refractivity contribution < 1.29 is 9.21 Å². The normalized spacial score (nSPS) is 11.1. The number of carbonyl (C=O) groups excluding carboxylic acids is 1. The van der Waals surface area contributed by atoms with Crippen LogP contribution in [0.5, 0.6) is 0 Å². The van der Waals surface area contributed by atoms with Crippen LogP contribution in [0.25, 0.3) is 11.0 Å². The maximum Gasteiger partial charge on any atom is 0.287 e. The fraction of sp³-hybridized carbons (Fsp3) is 0.357. The lowest BCUT2D eigenvalue weighted by atomic mass is 10.2. The summed E-state index contributed by atoms with van der Waals surface area (Å²) < 4.78 is 5.58. The van der Waals surface area contributed by atoms with Gasteiger partial charge in [-0.2, -0.15) is 0 Å². The first kappa shape index (κ1) is 11.7. The lowest BCUT2D eigenvalue weighted by Gasteiger charge is -2.04. The fourth-order valence-corrected chi connectivity index (χ4v) is 1.70. The van der Waals surface area contributed by atoms with E-state index in [1.165, 1.54) is 0 Å². The van der Waals surface area contributed by atoms with Crippen LogP contribution < -0.4 is 5.32 Å². The largest absolute Gasteiger partial charge is 0.451 e. The molecule has 0 spiro atoms. The molecule has 1 N–H and O–H groups in total. The first-order chi connectivity index (χ1) is 8.08. The lowest BCUT2D eigenvalue weighted by molar-refractivity contribution is 0.0923. The van der Waals surface area contributed by atoms with E-state index in [0.29, 0.717) is 18.2 Å². The summed E-state index contributed by atoms with van der Waals surface area (Å²) in [4.78, 5) is 11.8. The van der Waals surface area contributed by atoms with E-state index >= 15 is 0 Å². The van der Waals surface area contributed by atoms with E-state index in [1.807, 2.05) is 25.1 Å². The molecule has 0 radical (unpaired) electrons. The topological polar surface area (TPSA) is 42.2 Å². The van der Waals surface area contributed by atoms with Crippen molar-refractivity contribution in [3.63, 3.8) is 0 Å². The summed E-state index contributed by atoms with van der Waals surface area (Å²) in [6.45, 7) is 6.75. The molecule has 0 saturated carbocycles. The van der Waals surface area contributed by atoms with Gasteiger partial charge in [0.1, 0.15) is 5.58 Å². The monoisotopic (exact) mass is 231 g/mol. The Bertz CT molecular complexity index is 540. The molecule has 3 heteroatoms. The predicted molar refractivity (Wildman–Crippen MR) is 68.1 cm³/mol. The van der Waals surface area contributed by atoms with Crippen LogP contribution in [0.3, 0.4) is 0 Å². The molecule has 0 fully saturated rings. The summed E-state index contributed by atoms with van der Waals surface area (Å²) in [5.41, 5.74) is 1.84. The number of aryl methyl sites for hydroxylation is 1. The highest BCUT2D eigenvalue weighted by Crippen LogP contribution is 2.22. The van der Waals surface area contributed by atoms with E-state index in [4.69, 9.17) is 4.42 Å². The zero-order valence-corrected chi connectivity index (χ0v) is 10.4. The van der Waals surface area contributed by atoms with Gasteiger partial charge in [-0.25, -0.2) is 0 Å². The highest BCUT2D eigenvalue weighted by Gasteiger charge is 2.12. The van der Waals surface area contributed by atoms with E-state index in [0.717, 1.165) is 16.5 Å². The van der Waals surface area contributed by atoms with Gasteiger partial charge in [-0.1, -0.05) is 32.0 Å². The van der Waals surface area contributed by atoms with E-state index < -0.39 is 0 Å². The number of carbonyl (C=O) groups is 1. The van der Waals surface area contributed by atoms with Crippen LogP contribution in [0, 0.1) is 12.8 Å². The summed E-state index contributed by atoms with van der Waals surface area (Å²) in [5, 5.41) is 3.82. The molecule has 1 amide bonds. The van der Waals surface area contributed by atoms with Gasteiger partial charge in [0.2, 0.25) is 0 Å². The molecule has 17 heavy (non-hydrogen) atoms. The SMILES string of the molecule is Cc1cccc2cc(C(=O)NCC(C)C)oc12. The molecule has 1 aromatic heterocycles. The van der Waals surface area contributed by atoms with Gasteiger partial charge in [0.25, 0.3) is 5.91 Å². The average Bonchev–Trinajstić information content (AvgIpc) is 2.71. The first-order valence-electron chi connectivity index (χ1n) is 5.85. The molecule has 0 aliphatic carbocycles. The van der Waals surface area contributed by atoms with Crippen LogP contribution >= 0.6 is 0 Å². The van der Waals surface area contributed by atoms with Gasteiger partial charge in [0, 0.05) is 11.9 Å². The minimum Gasteiger partial charge on any atom is -0.451 e. The molecule has 1 heterocycles. The average molecular weight is 231 g/mol. The number of benzene rings is 1. The van der Waals surface area contributed by atoms with Gasteiger partial charge in [-0.3, -0.25) is 4.79 Å². The summed E-state index contributed by atoms with van der Waals surface area (Å²) in [6, 6.07) is 7.67. The van der Waals surface area contributed by atoms with Crippen molar-refractivity contribution in [3.05, 3.63) is 35.6 Å². The smallest absolute Gasteiger partial charge is 0.287 e. The number of rotatable bonds is 3. The fourth-order valence-electron chi connectivity index (χ4n) is 1.70. The molecule has 0 atom stereocenters. The number of amides is 1. The van der Waals surface area contributed by atoms with Crippen molar-refractivity contribution in [2.24, 2.45) is 5.92 Å².